The minimum atomic E-state index is -0.517. The SMILES string of the molecule is COC(OC)C1=CC(=O)CCC1(C)c1ccccn1. The fourth-order valence-electron chi connectivity index (χ4n) is 2.57. The number of rotatable bonds is 4. The molecule has 0 aromatic carbocycles. The van der Waals surface area contributed by atoms with Gasteiger partial charge in [-0.3, -0.25) is 9.78 Å². The van der Waals surface area contributed by atoms with E-state index in [1.807, 2.05) is 18.2 Å². The Morgan fingerprint density at radius 2 is 2.05 bits per heavy atom. The molecule has 1 aliphatic rings. The number of allylic oxidation sites excluding steroid dienone is 1. The number of ether oxygens (including phenoxy) is 2. The van der Waals surface area contributed by atoms with Crippen LogP contribution in [0.1, 0.15) is 25.5 Å². The second-order valence-corrected chi connectivity index (χ2v) is 4.92. The van der Waals surface area contributed by atoms with E-state index >= 15 is 0 Å². The first-order valence-electron chi connectivity index (χ1n) is 6.34. The van der Waals surface area contributed by atoms with E-state index in [0.717, 1.165) is 17.7 Å². The number of carbonyl (C=O) groups excluding carboxylic acids is 1. The molecule has 1 aliphatic carbocycles. The molecule has 0 spiro atoms. The summed E-state index contributed by atoms with van der Waals surface area (Å²) in [6.07, 6.45) is 4.14. The van der Waals surface area contributed by atoms with Gasteiger partial charge in [0.25, 0.3) is 0 Å². The molecule has 0 amide bonds. The largest absolute Gasteiger partial charge is 0.352 e. The highest BCUT2D eigenvalue weighted by atomic mass is 16.7. The number of aromatic nitrogens is 1. The van der Waals surface area contributed by atoms with Gasteiger partial charge in [0.2, 0.25) is 0 Å². The van der Waals surface area contributed by atoms with Gasteiger partial charge in [-0.2, -0.15) is 0 Å². The summed E-state index contributed by atoms with van der Waals surface area (Å²) < 4.78 is 10.7. The molecule has 0 radical (unpaired) electrons. The minimum absolute atomic E-state index is 0.113. The van der Waals surface area contributed by atoms with Crippen molar-refractivity contribution in [1.29, 1.82) is 0 Å². The van der Waals surface area contributed by atoms with Crippen LogP contribution >= 0.6 is 0 Å². The number of nitrogens with zero attached hydrogens (tertiary/aromatic N) is 1. The second-order valence-electron chi connectivity index (χ2n) is 4.92. The van der Waals surface area contributed by atoms with E-state index in [4.69, 9.17) is 9.47 Å². The zero-order valence-electron chi connectivity index (χ0n) is 11.6. The maximum absolute atomic E-state index is 11.7. The van der Waals surface area contributed by atoms with Gasteiger partial charge < -0.3 is 9.47 Å². The maximum atomic E-state index is 11.7. The monoisotopic (exact) mass is 261 g/mol. The number of hydrogen-bond donors (Lipinski definition) is 0. The molecule has 19 heavy (non-hydrogen) atoms. The lowest BCUT2D eigenvalue weighted by atomic mass is 9.71. The van der Waals surface area contributed by atoms with Crippen LogP contribution in [0.2, 0.25) is 0 Å². The van der Waals surface area contributed by atoms with Crippen molar-refractivity contribution in [2.45, 2.75) is 31.5 Å². The Bertz CT molecular complexity index is 479. The Hall–Kier alpha value is -1.52. The van der Waals surface area contributed by atoms with Crippen molar-refractivity contribution in [3.63, 3.8) is 0 Å². The molecule has 0 fully saturated rings. The second kappa shape index (κ2) is 5.63. The smallest absolute Gasteiger partial charge is 0.180 e. The van der Waals surface area contributed by atoms with Gasteiger partial charge in [0, 0.05) is 37.8 Å². The molecular weight excluding hydrogens is 242 g/mol. The van der Waals surface area contributed by atoms with Gasteiger partial charge in [0.1, 0.15) is 0 Å². The molecule has 0 bridgehead atoms. The number of hydrogen-bond acceptors (Lipinski definition) is 4. The van der Waals surface area contributed by atoms with Crippen LogP contribution in [0.25, 0.3) is 0 Å². The third-order valence-corrected chi connectivity index (χ3v) is 3.74. The Labute approximate surface area is 113 Å². The molecule has 1 aromatic heterocycles. The first-order chi connectivity index (χ1) is 9.11. The quantitative estimate of drug-likeness (QED) is 0.780. The zero-order chi connectivity index (χ0) is 13.9. The number of carbonyl (C=O) groups is 1. The molecule has 4 nitrogen and oxygen atoms in total. The summed E-state index contributed by atoms with van der Waals surface area (Å²) in [5, 5.41) is 0. The Morgan fingerprint density at radius 3 is 2.63 bits per heavy atom. The van der Waals surface area contributed by atoms with Crippen LogP contribution in [-0.4, -0.2) is 31.3 Å². The van der Waals surface area contributed by atoms with Gasteiger partial charge in [-0.15, -0.1) is 0 Å². The molecule has 0 saturated heterocycles. The number of ketones is 1. The predicted octanol–water partition coefficient (Wildman–Crippen LogP) is 2.25. The van der Waals surface area contributed by atoms with E-state index in [1.54, 1.807) is 26.5 Å². The van der Waals surface area contributed by atoms with Crippen LogP contribution in [0, 0.1) is 0 Å². The summed E-state index contributed by atoms with van der Waals surface area (Å²) >= 11 is 0. The average molecular weight is 261 g/mol. The lowest BCUT2D eigenvalue weighted by molar-refractivity contribution is -0.117. The third kappa shape index (κ3) is 2.60. The molecule has 1 heterocycles. The van der Waals surface area contributed by atoms with Crippen molar-refractivity contribution < 1.29 is 14.3 Å². The van der Waals surface area contributed by atoms with Crippen molar-refractivity contribution in [3.8, 4) is 0 Å². The molecule has 0 N–H and O–H groups in total. The number of pyridine rings is 1. The molecule has 2 rings (SSSR count). The number of methoxy groups -OCH3 is 2. The molecular formula is C15H19NO3. The first kappa shape index (κ1) is 13.9. The van der Waals surface area contributed by atoms with Crippen LogP contribution in [0.5, 0.6) is 0 Å². The van der Waals surface area contributed by atoms with Gasteiger partial charge in [-0.1, -0.05) is 6.07 Å². The van der Waals surface area contributed by atoms with Crippen molar-refractivity contribution in [2.75, 3.05) is 14.2 Å². The highest BCUT2D eigenvalue weighted by Gasteiger charge is 2.40. The van der Waals surface area contributed by atoms with Crippen LogP contribution in [0.15, 0.2) is 36.0 Å². The molecule has 0 aliphatic heterocycles. The van der Waals surface area contributed by atoms with Gasteiger partial charge in [-0.25, -0.2) is 0 Å². The Morgan fingerprint density at radius 1 is 1.32 bits per heavy atom. The standard InChI is InChI=1S/C15H19NO3/c1-15(13-6-4-5-9-16-13)8-7-11(17)10-12(15)14(18-2)19-3/h4-6,9-10,14H,7-8H2,1-3H3. The lowest BCUT2D eigenvalue weighted by Gasteiger charge is -2.37. The topological polar surface area (TPSA) is 48.4 Å². The highest BCUT2D eigenvalue weighted by molar-refractivity contribution is 5.92. The van der Waals surface area contributed by atoms with Crippen LogP contribution < -0.4 is 0 Å². The minimum Gasteiger partial charge on any atom is -0.352 e. The third-order valence-electron chi connectivity index (χ3n) is 3.74. The van der Waals surface area contributed by atoms with Crippen LogP contribution in [0.3, 0.4) is 0 Å². The van der Waals surface area contributed by atoms with Gasteiger partial charge >= 0.3 is 0 Å². The van der Waals surface area contributed by atoms with Crippen LogP contribution in [0.4, 0.5) is 0 Å². The molecule has 102 valence electrons. The van der Waals surface area contributed by atoms with Gasteiger partial charge in [0.15, 0.2) is 12.1 Å². The summed E-state index contributed by atoms with van der Waals surface area (Å²) in [6, 6.07) is 5.82. The van der Waals surface area contributed by atoms with E-state index in [2.05, 4.69) is 11.9 Å². The molecule has 4 heteroatoms. The Balaban J connectivity index is 2.48. The van der Waals surface area contributed by atoms with Gasteiger partial charge in [0.05, 0.1) is 5.69 Å². The fourth-order valence-corrected chi connectivity index (χ4v) is 2.57. The molecule has 1 atom stereocenters. The van der Waals surface area contributed by atoms with Crippen LogP contribution in [-0.2, 0) is 19.7 Å². The molecule has 1 aromatic rings. The molecule has 1 unspecified atom stereocenters. The summed E-state index contributed by atoms with van der Waals surface area (Å²) in [5.74, 6) is 0.113. The lowest BCUT2D eigenvalue weighted by Crippen LogP contribution is -2.37. The average Bonchev–Trinajstić information content (AvgIpc) is 2.45. The predicted molar refractivity (Wildman–Crippen MR) is 71.7 cm³/mol. The summed E-state index contributed by atoms with van der Waals surface area (Å²) in [7, 11) is 3.15. The van der Waals surface area contributed by atoms with E-state index in [1.165, 1.54) is 0 Å². The fraction of sp³-hybridized carbons (Fsp3) is 0.467. The summed E-state index contributed by atoms with van der Waals surface area (Å²) in [6.45, 7) is 2.08. The molecule has 0 saturated carbocycles. The maximum Gasteiger partial charge on any atom is 0.180 e. The van der Waals surface area contributed by atoms with Gasteiger partial charge in [-0.05, 0) is 31.6 Å². The van der Waals surface area contributed by atoms with E-state index in [9.17, 15) is 4.79 Å². The first-order valence-corrected chi connectivity index (χ1v) is 6.34. The summed E-state index contributed by atoms with van der Waals surface area (Å²) in [4.78, 5) is 16.2. The highest BCUT2D eigenvalue weighted by Crippen LogP contribution is 2.40. The summed E-state index contributed by atoms with van der Waals surface area (Å²) in [5.41, 5.74) is 1.45. The Kier molecular flexibility index (Phi) is 4.12. The van der Waals surface area contributed by atoms with E-state index < -0.39 is 6.29 Å². The van der Waals surface area contributed by atoms with E-state index in [-0.39, 0.29) is 11.2 Å². The van der Waals surface area contributed by atoms with E-state index in [0.29, 0.717) is 6.42 Å². The van der Waals surface area contributed by atoms with Crippen molar-refractivity contribution in [2.24, 2.45) is 0 Å². The van der Waals surface area contributed by atoms with Crippen molar-refractivity contribution in [1.82, 2.24) is 4.98 Å². The zero-order valence-corrected chi connectivity index (χ0v) is 11.6. The van der Waals surface area contributed by atoms with Crippen molar-refractivity contribution >= 4 is 5.78 Å². The van der Waals surface area contributed by atoms with Crippen molar-refractivity contribution in [3.05, 3.63) is 41.7 Å². The normalized spacial score (nSPS) is 23.6.